The van der Waals surface area contributed by atoms with E-state index in [2.05, 4.69) is 32.9 Å². The molecule has 0 fully saturated rings. The Bertz CT molecular complexity index is 293. The van der Waals surface area contributed by atoms with E-state index in [0.717, 1.165) is 24.0 Å². The van der Waals surface area contributed by atoms with Crippen LogP contribution in [0.1, 0.15) is 71.1 Å². The topological polar surface area (TPSA) is 29.1 Å². The second-order valence-corrected chi connectivity index (χ2v) is 7.06. The second kappa shape index (κ2) is 16.3. The highest BCUT2D eigenvalue weighted by Gasteiger charge is 2.13. The number of halogens is 1. The molecule has 0 unspecified atom stereocenters. The molecule has 4 heteroatoms. The van der Waals surface area contributed by atoms with Crippen LogP contribution >= 0.6 is 0 Å². The molecule has 23 heavy (non-hydrogen) atoms. The zero-order chi connectivity index (χ0) is 16.7. The third-order valence-electron chi connectivity index (χ3n) is 4.29. The monoisotopic (exact) mass is 346 g/mol. The van der Waals surface area contributed by atoms with E-state index >= 15 is 0 Å². The summed E-state index contributed by atoms with van der Waals surface area (Å²) in [5, 5.41) is 2.84. The summed E-state index contributed by atoms with van der Waals surface area (Å²) in [6, 6.07) is 0. The van der Waals surface area contributed by atoms with Crippen LogP contribution in [-0.4, -0.2) is 44.1 Å². The van der Waals surface area contributed by atoms with Gasteiger partial charge in [-0.2, -0.15) is 0 Å². The van der Waals surface area contributed by atoms with Gasteiger partial charge in [0.15, 0.2) is 0 Å². The predicted octanol–water partition coefficient (Wildman–Crippen LogP) is 1.29. The minimum absolute atomic E-state index is 0. The first-order valence-electron chi connectivity index (χ1n) is 9.24. The van der Waals surface area contributed by atoms with Crippen LogP contribution in [0.3, 0.4) is 0 Å². The molecule has 3 nitrogen and oxygen atoms in total. The molecule has 0 atom stereocenters. The van der Waals surface area contributed by atoms with Gasteiger partial charge in [0.05, 0.1) is 27.2 Å². The van der Waals surface area contributed by atoms with Crippen molar-refractivity contribution in [2.45, 2.75) is 71.1 Å². The summed E-state index contributed by atoms with van der Waals surface area (Å²) in [6.45, 7) is 8.84. The van der Waals surface area contributed by atoms with Gasteiger partial charge in [-0.15, -0.1) is 0 Å². The van der Waals surface area contributed by atoms with Gasteiger partial charge >= 0.3 is 0 Å². The van der Waals surface area contributed by atoms with E-state index in [4.69, 9.17) is 0 Å². The number of carbonyl (C=O) groups is 1. The number of hydrogen-bond donors (Lipinski definition) is 1. The van der Waals surface area contributed by atoms with Gasteiger partial charge in [-0.3, -0.25) is 4.79 Å². The lowest BCUT2D eigenvalue weighted by atomic mass is 10.1. The number of hydrogen-bond acceptors (Lipinski definition) is 1. The molecule has 0 rings (SSSR count). The van der Waals surface area contributed by atoms with Crippen LogP contribution in [-0.2, 0) is 4.79 Å². The summed E-state index contributed by atoms with van der Waals surface area (Å²) in [6.07, 6.45) is 14.8. The number of nitrogens with one attached hydrogen (secondary N) is 1. The highest BCUT2D eigenvalue weighted by molar-refractivity contribution is 5.86. The zero-order valence-corrected chi connectivity index (χ0v) is 16.5. The first-order valence-corrected chi connectivity index (χ1v) is 9.24. The summed E-state index contributed by atoms with van der Waals surface area (Å²) >= 11 is 0. The molecule has 0 aliphatic carbocycles. The van der Waals surface area contributed by atoms with Gasteiger partial charge in [0.2, 0.25) is 5.91 Å². The molecule has 0 aliphatic heterocycles. The molecule has 0 saturated heterocycles. The molecule has 1 N–H and O–H groups in total. The Morgan fingerprint density at radius 2 is 1.39 bits per heavy atom. The number of rotatable bonds is 15. The Morgan fingerprint density at radius 3 is 1.91 bits per heavy atom. The molecular weight excluding hydrogens is 308 g/mol. The van der Waals surface area contributed by atoms with Crippen LogP contribution in [0, 0.1) is 0 Å². The lowest BCUT2D eigenvalue weighted by molar-refractivity contribution is -0.890. The zero-order valence-electron chi connectivity index (χ0n) is 15.7. The fraction of sp³-hybridized carbons (Fsp3) is 0.842. The highest BCUT2D eigenvalue weighted by atomic mass is 35.5. The Morgan fingerprint density at radius 1 is 0.913 bits per heavy atom. The molecule has 0 radical (unpaired) electrons. The van der Waals surface area contributed by atoms with Crippen LogP contribution in [0.4, 0.5) is 0 Å². The standard InChI is InChI=1S/C19H38N2O.ClH/c1-5-7-8-9-10-11-12-13-14-17-21(3,4)18-15-16-20-19(22)6-2;/h6H,2,5,7-18H2,1,3-4H3;1H. The van der Waals surface area contributed by atoms with Gasteiger partial charge in [-0.05, 0) is 18.9 Å². The summed E-state index contributed by atoms with van der Waals surface area (Å²) < 4.78 is 1.06. The van der Waals surface area contributed by atoms with Gasteiger partial charge in [0.1, 0.15) is 0 Å². The molecule has 0 bridgehead atoms. The maximum Gasteiger partial charge on any atom is 0.243 e. The summed E-state index contributed by atoms with van der Waals surface area (Å²) in [5.74, 6) is -0.0655. The summed E-state index contributed by atoms with van der Waals surface area (Å²) in [4.78, 5) is 11.1. The lowest BCUT2D eigenvalue weighted by Gasteiger charge is -2.30. The molecule has 0 aromatic heterocycles. The maximum atomic E-state index is 11.1. The summed E-state index contributed by atoms with van der Waals surface area (Å²) in [5.41, 5.74) is 0. The number of nitrogens with zero attached hydrogens (tertiary/aromatic N) is 1. The molecular formula is C19H39ClN2O. The van der Waals surface area contributed by atoms with Crippen LogP contribution in [0.15, 0.2) is 12.7 Å². The number of amides is 1. The average Bonchev–Trinajstić information content (AvgIpc) is 2.49. The van der Waals surface area contributed by atoms with Crippen molar-refractivity contribution >= 4 is 5.91 Å². The quantitative estimate of drug-likeness (QED) is 0.270. The van der Waals surface area contributed by atoms with Gasteiger partial charge in [-0.1, -0.05) is 58.4 Å². The van der Waals surface area contributed by atoms with E-state index in [0.29, 0.717) is 0 Å². The Kier molecular flexibility index (Phi) is 17.5. The van der Waals surface area contributed by atoms with Crippen molar-refractivity contribution in [3.05, 3.63) is 12.7 Å². The van der Waals surface area contributed by atoms with Crippen molar-refractivity contribution in [2.24, 2.45) is 0 Å². The first-order chi connectivity index (χ1) is 10.5. The molecule has 0 aromatic rings. The lowest BCUT2D eigenvalue weighted by Crippen LogP contribution is -3.00. The van der Waals surface area contributed by atoms with E-state index in [1.165, 1.54) is 70.4 Å². The molecule has 0 spiro atoms. The van der Waals surface area contributed by atoms with E-state index in [9.17, 15) is 4.79 Å². The Hall–Kier alpha value is -0.540. The van der Waals surface area contributed by atoms with Crippen LogP contribution in [0.2, 0.25) is 0 Å². The normalized spacial score (nSPS) is 10.9. The first kappa shape index (κ1) is 24.7. The van der Waals surface area contributed by atoms with E-state index in [1.807, 2.05) is 0 Å². The van der Waals surface area contributed by atoms with Gasteiger partial charge in [-0.25, -0.2) is 0 Å². The van der Waals surface area contributed by atoms with Crippen LogP contribution in [0.25, 0.3) is 0 Å². The van der Waals surface area contributed by atoms with Crippen molar-refractivity contribution < 1.29 is 21.7 Å². The SMILES string of the molecule is C=CC(=O)NCCC[N+](C)(C)CCCCCCCCCCC.[Cl-]. The largest absolute Gasteiger partial charge is 1.00 e. The smallest absolute Gasteiger partial charge is 0.243 e. The van der Waals surface area contributed by atoms with Gasteiger partial charge < -0.3 is 22.2 Å². The number of carbonyl (C=O) groups excluding carboxylic acids is 1. The number of unbranched alkanes of at least 4 members (excludes halogenated alkanes) is 8. The van der Waals surface area contributed by atoms with Crippen molar-refractivity contribution in [3.8, 4) is 0 Å². The van der Waals surface area contributed by atoms with Crippen molar-refractivity contribution in [2.75, 3.05) is 33.7 Å². The average molecular weight is 347 g/mol. The fourth-order valence-electron chi connectivity index (χ4n) is 2.75. The van der Waals surface area contributed by atoms with Gasteiger partial charge in [0.25, 0.3) is 0 Å². The minimum atomic E-state index is -0.0655. The highest BCUT2D eigenvalue weighted by Crippen LogP contribution is 2.11. The maximum absolute atomic E-state index is 11.1. The second-order valence-electron chi connectivity index (χ2n) is 7.06. The van der Waals surface area contributed by atoms with E-state index in [1.54, 1.807) is 0 Å². The van der Waals surface area contributed by atoms with Crippen LogP contribution in [0.5, 0.6) is 0 Å². The minimum Gasteiger partial charge on any atom is -1.00 e. The number of quaternary nitrogens is 1. The van der Waals surface area contributed by atoms with E-state index < -0.39 is 0 Å². The fourth-order valence-corrected chi connectivity index (χ4v) is 2.75. The van der Waals surface area contributed by atoms with Crippen LogP contribution < -0.4 is 17.7 Å². The van der Waals surface area contributed by atoms with Crippen molar-refractivity contribution in [3.63, 3.8) is 0 Å². The summed E-state index contributed by atoms with van der Waals surface area (Å²) in [7, 11) is 4.58. The Balaban J connectivity index is 0. The molecule has 0 aliphatic rings. The van der Waals surface area contributed by atoms with Gasteiger partial charge in [0, 0.05) is 13.0 Å². The predicted molar refractivity (Wildman–Crippen MR) is 96.9 cm³/mol. The third-order valence-corrected chi connectivity index (χ3v) is 4.29. The molecule has 1 amide bonds. The molecule has 0 saturated carbocycles. The third kappa shape index (κ3) is 17.6. The Labute approximate surface area is 150 Å². The van der Waals surface area contributed by atoms with Crippen molar-refractivity contribution in [1.29, 1.82) is 0 Å². The molecule has 0 aromatic carbocycles. The van der Waals surface area contributed by atoms with Crippen molar-refractivity contribution in [1.82, 2.24) is 5.32 Å². The molecule has 138 valence electrons. The molecule has 0 heterocycles. The van der Waals surface area contributed by atoms with E-state index in [-0.39, 0.29) is 18.3 Å².